The zero-order chi connectivity index (χ0) is 20.5. The Morgan fingerprint density at radius 2 is 1.00 bits per heavy atom. The second-order valence-electron chi connectivity index (χ2n) is 5.14. The highest BCUT2D eigenvalue weighted by Gasteiger charge is 2.06. The predicted molar refractivity (Wildman–Crippen MR) is 99.6 cm³/mol. The van der Waals surface area contributed by atoms with Gasteiger partial charge in [0.05, 0.1) is 9.85 Å². The summed E-state index contributed by atoms with van der Waals surface area (Å²) in [5, 5.41) is 30.6. The molecule has 28 heavy (non-hydrogen) atoms. The van der Waals surface area contributed by atoms with Crippen molar-refractivity contribution in [3.8, 4) is 0 Å². The molecule has 0 fully saturated rings. The van der Waals surface area contributed by atoms with Gasteiger partial charge in [-0.3, -0.25) is 20.2 Å². The number of nitrogens with one attached hydrogen (secondary N) is 4. The number of nitro groups is 2. The average molecular weight is 386 g/mol. The highest BCUT2D eigenvalue weighted by molar-refractivity contribution is 5.91. The number of non-ortho nitro benzene ring substituents is 2. The highest BCUT2D eigenvalue weighted by atomic mass is 16.6. The molecule has 0 bridgehead atoms. The molecule has 0 saturated heterocycles. The summed E-state index contributed by atoms with van der Waals surface area (Å²) < 4.78 is 0. The molecule has 0 radical (unpaired) electrons. The van der Waals surface area contributed by atoms with Crippen molar-refractivity contribution in [1.29, 1.82) is 0 Å². The van der Waals surface area contributed by atoms with Gasteiger partial charge in [0.15, 0.2) is 0 Å². The van der Waals surface area contributed by atoms with Crippen molar-refractivity contribution < 1.29 is 19.4 Å². The molecule has 0 aliphatic heterocycles. The van der Waals surface area contributed by atoms with Crippen molar-refractivity contribution in [2.75, 3.05) is 10.6 Å². The fraction of sp³-hybridized carbons (Fsp3) is 0. The topological polar surface area (TPSA) is 169 Å². The number of rotatable bonds is 6. The van der Waals surface area contributed by atoms with Gasteiger partial charge in [-0.25, -0.2) is 9.59 Å². The lowest BCUT2D eigenvalue weighted by Crippen LogP contribution is -2.27. The first kappa shape index (κ1) is 19.8. The zero-order valence-electron chi connectivity index (χ0n) is 14.1. The van der Waals surface area contributed by atoms with E-state index in [9.17, 15) is 29.8 Å². The Hall–Kier alpha value is -4.48. The molecule has 0 aromatic heterocycles. The lowest BCUT2D eigenvalue weighted by molar-refractivity contribution is -0.385. The maximum absolute atomic E-state index is 11.7. The van der Waals surface area contributed by atoms with Gasteiger partial charge in [0, 0.05) is 48.0 Å². The SMILES string of the molecule is O=C(N/C=C/NC(=O)Nc1ccc([N+](=O)[O-])cc1)Nc1ccc([N+](=O)[O-])cc1. The van der Waals surface area contributed by atoms with Gasteiger partial charge in [-0.05, 0) is 24.3 Å². The fourth-order valence-corrected chi connectivity index (χ4v) is 1.90. The number of urea groups is 2. The van der Waals surface area contributed by atoms with Gasteiger partial charge in [0.2, 0.25) is 0 Å². The Kier molecular flexibility index (Phi) is 6.58. The van der Waals surface area contributed by atoms with Gasteiger partial charge in [-0.2, -0.15) is 0 Å². The molecular weight excluding hydrogens is 372 g/mol. The van der Waals surface area contributed by atoms with E-state index in [1.165, 1.54) is 48.5 Å². The smallest absolute Gasteiger partial charge is 0.313 e. The number of carbonyl (C=O) groups excluding carboxylic acids is 2. The van der Waals surface area contributed by atoms with Crippen LogP contribution >= 0.6 is 0 Å². The van der Waals surface area contributed by atoms with Crippen LogP contribution in [0.5, 0.6) is 0 Å². The van der Waals surface area contributed by atoms with Crippen LogP contribution in [0.1, 0.15) is 0 Å². The van der Waals surface area contributed by atoms with Crippen LogP contribution in [0, 0.1) is 20.2 Å². The summed E-state index contributed by atoms with van der Waals surface area (Å²) >= 11 is 0. The molecule has 144 valence electrons. The summed E-state index contributed by atoms with van der Waals surface area (Å²) in [7, 11) is 0. The minimum atomic E-state index is -0.623. The summed E-state index contributed by atoms with van der Waals surface area (Å²) in [6.45, 7) is 0. The summed E-state index contributed by atoms with van der Waals surface area (Å²) in [6, 6.07) is 9.23. The Morgan fingerprint density at radius 3 is 1.29 bits per heavy atom. The number of nitrogens with zero attached hydrogens (tertiary/aromatic N) is 2. The van der Waals surface area contributed by atoms with Gasteiger partial charge in [-0.15, -0.1) is 0 Å². The third-order valence-electron chi connectivity index (χ3n) is 3.18. The van der Waals surface area contributed by atoms with Crippen molar-refractivity contribution in [1.82, 2.24) is 10.6 Å². The Bertz CT molecular complexity index is 835. The standard InChI is InChI=1S/C16H14N6O6/c23-15(19-11-1-5-13(6-2-11)21(25)26)17-9-10-18-16(24)20-12-3-7-14(8-4-12)22(27)28/h1-10H,(H2,17,19,23)(H2,18,20,24)/b10-9+. The summed E-state index contributed by atoms with van der Waals surface area (Å²) in [5.41, 5.74) is 0.490. The Labute approximate surface area is 157 Å². The fourth-order valence-electron chi connectivity index (χ4n) is 1.90. The summed E-state index contributed by atoms with van der Waals surface area (Å²) in [6.07, 6.45) is 2.33. The number of hydrogen-bond acceptors (Lipinski definition) is 6. The molecule has 0 spiro atoms. The van der Waals surface area contributed by atoms with Crippen molar-refractivity contribution >= 4 is 34.8 Å². The van der Waals surface area contributed by atoms with E-state index < -0.39 is 21.9 Å². The van der Waals surface area contributed by atoms with Gasteiger partial charge >= 0.3 is 12.1 Å². The van der Waals surface area contributed by atoms with Gasteiger partial charge < -0.3 is 21.3 Å². The number of hydrogen-bond donors (Lipinski definition) is 4. The van der Waals surface area contributed by atoms with E-state index in [0.29, 0.717) is 11.4 Å². The number of amides is 4. The first-order valence-corrected chi connectivity index (χ1v) is 7.64. The van der Waals surface area contributed by atoms with E-state index in [1.807, 2.05) is 0 Å². The predicted octanol–water partition coefficient (Wildman–Crippen LogP) is 2.92. The van der Waals surface area contributed by atoms with Crippen molar-refractivity contribution in [2.45, 2.75) is 0 Å². The van der Waals surface area contributed by atoms with E-state index in [-0.39, 0.29) is 11.4 Å². The van der Waals surface area contributed by atoms with E-state index in [0.717, 1.165) is 12.4 Å². The first-order valence-electron chi connectivity index (χ1n) is 7.64. The van der Waals surface area contributed by atoms with Crippen LogP contribution < -0.4 is 21.3 Å². The third kappa shape index (κ3) is 6.11. The van der Waals surface area contributed by atoms with E-state index >= 15 is 0 Å². The van der Waals surface area contributed by atoms with E-state index in [2.05, 4.69) is 21.3 Å². The van der Waals surface area contributed by atoms with Crippen molar-refractivity contribution in [3.05, 3.63) is 81.2 Å². The normalized spacial score (nSPS) is 10.1. The van der Waals surface area contributed by atoms with Crippen LogP contribution in [0.4, 0.5) is 32.3 Å². The molecule has 0 aliphatic rings. The van der Waals surface area contributed by atoms with Crippen LogP contribution in [0.15, 0.2) is 60.9 Å². The van der Waals surface area contributed by atoms with Gasteiger partial charge in [0.25, 0.3) is 11.4 Å². The minimum Gasteiger partial charge on any atom is -0.313 e. The monoisotopic (exact) mass is 386 g/mol. The number of nitro benzene ring substituents is 2. The maximum atomic E-state index is 11.7. The lowest BCUT2D eigenvalue weighted by Gasteiger charge is -2.05. The molecule has 2 aromatic carbocycles. The number of benzene rings is 2. The lowest BCUT2D eigenvalue weighted by atomic mass is 10.3. The third-order valence-corrected chi connectivity index (χ3v) is 3.18. The van der Waals surface area contributed by atoms with Crippen LogP contribution in [0.25, 0.3) is 0 Å². The second kappa shape index (κ2) is 9.28. The summed E-state index contributed by atoms with van der Waals surface area (Å²) in [4.78, 5) is 43.3. The Morgan fingerprint density at radius 1 is 0.679 bits per heavy atom. The molecule has 0 unspecified atom stereocenters. The van der Waals surface area contributed by atoms with E-state index in [1.54, 1.807) is 0 Å². The highest BCUT2D eigenvalue weighted by Crippen LogP contribution is 2.16. The quantitative estimate of drug-likeness (QED) is 0.439. The van der Waals surface area contributed by atoms with Crippen molar-refractivity contribution in [3.63, 3.8) is 0 Å². The molecule has 0 atom stereocenters. The van der Waals surface area contributed by atoms with Crippen LogP contribution in [-0.4, -0.2) is 21.9 Å². The Balaban J connectivity index is 1.74. The molecular formula is C16H14N6O6. The molecule has 4 amide bonds. The molecule has 4 N–H and O–H groups in total. The number of carbonyl (C=O) groups is 2. The largest absolute Gasteiger partial charge is 0.323 e. The maximum Gasteiger partial charge on any atom is 0.323 e. The van der Waals surface area contributed by atoms with Gasteiger partial charge in [0.1, 0.15) is 0 Å². The zero-order valence-corrected chi connectivity index (χ0v) is 14.1. The second-order valence-corrected chi connectivity index (χ2v) is 5.14. The molecule has 2 rings (SSSR count). The molecule has 12 nitrogen and oxygen atoms in total. The molecule has 0 saturated carbocycles. The molecule has 12 heteroatoms. The van der Waals surface area contributed by atoms with Gasteiger partial charge in [-0.1, -0.05) is 0 Å². The average Bonchev–Trinajstić information content (AvgIpc) is 2.66. The molecule has 2 aromatic rings. The molecule has 0 heterocycles. The van der Waals surface area contributed by atoms with Crippen LogP contribution in [0.3, 0.4) is 0 Å². The van der Waals surface area contributed by atoms with Crippen LogP contribution in [-0.2, 0) is 0 Å². The summed E-state index contributed by atoms with van der Waals surface area (Å²) in [5.74, 6) is 0. The molecule has 0 aliphatic carbocycles. The number of anilines is 2. The van der Waals surface area contributed by atoms with Crippen molar-refractivity contribution in [2.24, 2.45) is 0 Å². The first-order chi connectivity index (χ1) is 13.3. The van der Waals surface area contributed by atoms with Crippen LogP contribution in [0.2, 0.25) is 0 Å². The van der Waals surface area contributed by atoms with E-state index in [4.69, 9.17) is 0 Å². The minimum absolute atomic E-state index is 0.103.